The molecule has 2 aromatic rings. The van der Waals surface area contributed by atoms with Gasteiger partial charge in [0.2, 0.25) is 11.0 Å². The topological polar surface area (TPSA) is 66.9 Å². The normalized spacial score (nSPS) is 13.3. The molecule has 2 unspecified atom stereocenters. The molecule has 130 valence electrons. The number of anilines is 1. The van der Waals surface area contributed by atoms with Crippen molar-refractivity contribution in [2.24, 2.45) is 0 Å². The van der Waals surface area contributed by atoms with Gasteiger partial charge in [-0.3, -0.25) is 4.79 Å². The number of nitrogens with zero attached hydrogens (tertiary/aromatic N) is 2. The van der Waals surface area contributed by atoms with Crippen LogP contribution in [0.2, 0.25) is 0 Å². The largest absolute Gasteiger partial charge is 0.360 e. The summed E-state index contributed by atoms with van der Waals surface area (Å²) in [5.74, 6) is 0.0301. The van der Waals surface area contributed by atoms with E-state index in [0.717, 1.165) is 34.4 Å². The molecule has 2 N–H and O–H groups in total. The van der Waals surface area contributed by atoms with E-state index in [1.807, 2.05) is 32.0 Å². The van der Waals surface area contributed by atoms with Crippen LogP contribution >= 0.6 is 23.1 Å². The second-order valence-electron chi connectivity index (χ2n) is 5.42. The standard InChI is InChI=1S/C17H24N4OS2/c1-4-9-14(13-10-7-6-8-11-13)19-15(22)12(3)23-17-21-20-16(24-17)18-5-2/h6-8,10-12,14H,4-5,9H2,1-3H3,(H,18,20)(H,19,22). The zero-order chi connectivity index (χ0) is 17.4. The Kier molecular flexibility index (Phi) is 7.52. The summed E-state index contributed by atoms with van der Waals surface area (Å²) in [7, 11) is 0. The molecule has 0 saturated carbocycles. The van der Waals surface area contributed by atoms with Gasteiger partial charge in [0, 0.05) is 6.54 Å². The van der Waals surface area contributed by atoms with Gasteiger partial charge in [0.1, 0.15) is 0 Å². The van der Waals surface area contributed by atoms with Crippen LogP contribution in [0.5, 0.6) is 0 Å². The maximum absolute atomic E-state index is 12.5. The lowest BCUT2D eigenvalue weighted by Crippen LogP contribution is -2.34. The third-order valence-corrected chi connectivity index (χ3v) is 5.54. The first-order chi connectivity index (χ1) is 11.6. The lowest BCUT2D eigenvalue weighted by Gasteiger charge is -2.20. The van der Waals surface area contributed by atoms with Gasteiger partial charge in [0.25, 0.3) is 0 Å². The molecule has 0 aliphatic carbocycles. The van der Waals surface area contributed by atoms with Crippen molar-refractivity contribution in [3.63, 3.8) is 0 Å². The minimum Gasteiger partial charge on any atom is -0.360 e. The van der Waals surface area contributed by atoms with Crippen LogP contribution in [0.1, 0.15) is 45.2 Å². The monoisotopic (exact) mass is 364 g/mol. The smallest absolute Gasteiger partial charge is 0.233 e. The van der Waals surface area contributed by atoms with Gasteiger partial charge in [-0.15, -0.1) is 10.2 Å². The van der Waals surface area contributed by atoms with E-state index in [9.17, 15) is 4.79 Å². The summed E-state index contributed by atoms with van der Waals surface area (Å²) in [5.41, 5.74) is 1.15. The molecule has 1 heterocycles. The second-order valence-corrected chi connectivity index (χ2v) is 7.99. The molecule has 0 saturated heterocycles. The SMILES string of the molecule is CCCC(NC(=O)C(C)Sc1nnc(NCC)s1)c1ccccc1. The van der Waals surface area contributed by atoms with Crippen molar-refractivity contribution < 1.29 is 4.79 Å². The van der Waals surface area contributed by atoms with E-state index in [4.69, 9.17) is 0 Å². The van der Waals surface area contributed by atoms with Crippen molar-refractivity contribution in [2.75, 3.05) is 11.9 Å². The van der Waals surface area contributed by atoms with E-state index in [-0.39, 0.29) is 17.2 Å². The van der Waals surface area contributed by atoms with Crippen LogP contribution in [0.4, 0.5) is 5.13 Å². The predicted molar refractivity (Wildman–Crippen MR) is 102 cm³/mol. The van der Waals surface area contributed by atoms with Crippen molar-refractivity contribution in [2.45, 2.75) is 49.2 Å². The molecule has 0 bridgehead atoms. The van der Waals surface area contributed by atoms with Gasteiger partial charge in [0.15, 0.2) is 4.34 Å². The molecule has 1 aromatic heterocycles. The average Bonchev–Trinajstić information content (AvgIpc) is 3.02. The van der Waals surface area contributed by atoms with E-state index in [2.05, 4.69) is 39.9 Å². The minimum atomic E-state index is -0.213. The zero-order valence-electron chi connectivity index (χ0n) is 14.3. The van der Waals surface area contributed by atoms with Gasteiger partial charge in [-0.2, -0.15) is 0 Å². The Morgan fingerprint density at radius 1 is 1.25 bits per heavy atom. The highest BCUT2D eigenvalue weighted by Gasteiger charge is 2.21. The van der Waals surface area contributed by atoms with Crippen LogP contribution in [0.3, 0.4) is 0 Å². The van der Waals surface area contributed by atoms with E-state index in [1.165, 1.54) is 23.1 Å². The van der Waals surface area contributed by atoms with Gasteiger partial charge in [-0.1, -0.05) is 66.8 Å². The van der Waals surface area contributed by atoms with E-state index >= 15 is 0 Å². The first-order valence-electron chi connectivity index (χ1n) is 8.23. The summed E-state index contributed by atoms with van der Waals surface area (Å²) in [6.45, 7) is 6.86. The Bertz CT molecular complexity index is 633. The summed E-state index contributed by atoms with van der Waals surface area (Å²) in [5, 5.41) is 15.1. The number of carbonyl (C=O) groups excluding carboxylic acids is 1. The third-order valence-electron chi connectivity index (χ3n) is 3.48. The highest BCUT2D eigenvalue weighted by Crippen LogP contribution is 2.29. The number of benzene rings is 1. The molecular formula is C17H24N4OS2. The number of nitrogens with one attached hydrogen (secondary N) is 2. The third kappa shape index (κ3) is 5.49. The zero-order valence-corrected chi connectivity index (χ0v) is 15.9. The van der Waals surface area contributed by atoms with Gasteiger partial charge in [-0.05, 0) is 25.8 Å². The van der Waals surface area contributed by atoms with Gasteiger partial charge in [0.05, 0.1) is 11.3 Å². The summed E-state index contributed by atoms with van der Waals surface area (Å²) in [6, 6.07) is 10.2. The Balaban J connectivity index is 1.95. The molecule has 1 amide bonds. The van der Waals surface area contributed by atoms with Crippen molar-refractivity contribution in [3.8, 4) is 0 Å². The molecule has 0 aliphatic rings. The summed E-state index contributed by atoms with van der Waals surface area (Å²) in [6.07, 6.45) is 1.94. The maximum atomic E-state index is 12.5. The molecule has 2 rings (SSSR count). The van der Waals surface area contributed by atoms with E-state index < -0.39 is 0 Å². The number of hydrogen-bond acceptors (Lipinski definition) is 6. The maximum Gasteiger partial charge on any atom is 0.233 e. The Morgan fingerprint density at radius 3 is 2.67 bits per heavy atom. The number of rotatable bonds is 9. The average molecular weight is 365 g/mol. The molecule has 0 spiro atoms. The molecule has 24 heavy (non-hydrogen) atoms. The summed E-state index contributed by atoms with van der Waals surface area (Å²) in [4.78, 5) is 12.5. The highest BCUT2D eigenvalue weighted by atomic mass is 32.2. The lowest BCUT2D eigenvalue weighted by atomic mass is 10.0. The molecular weight excluding hydrogens is 340 g/mol. The summed E-state index contributed by atoms with van der Waals surface area (Å²) < 4.78 is 0.806. The number of aromatic nitrogens is 2. The van der Waals surface area contributed by atoms with Gasteiger partial charge < -0.3 is 10.6 Å². The summed E-state index contributed by atoms with van der Waals surface area (Å²) >= 11 is 2.92. The van der Waals surface area contributed by atoms with Crippen molar-refractivity contribution in [3.05, 3.63) is 35.9 Å². The van der Waals surface area contributed by atoms with Gasteiger partial charge >= 0.3 is 0 Å². The Labute approximate surface area is 151 Å². The van der Waals surface area contributed by atoms with Crippen molar-refractivity contribution in [1.29, 1.82) is 0 Å². The fraction of sp³-hybridized carbons (Fsp3) is 0.471. The van der Waals surface area contributed by atoms with Crippen LogP contribution in [-0.2, 0) is 4.79 Å². The van der Waals surface area contributed by atoms with Crippen LogP contribution in [-0.4, -0.2) is 27.9 Å². The van der Waals surface area contributed by atoms with Gasteiger partial charge in [-0.25, -0.2) is 0 Å². The number of thioether (sulfide) groups is 1. The molecule has 2 atom stereocenters. The fourth-order valence-electron chi connectivity index (χ4n) is 2.27. The lowest BCUT2D eigenvalue weighted by molar-refractivity contribution is -0.121. The molecule has 0 radical (unpaired) electrons. The number of amides is 1. The molecule has 1 aromatic carbocycles. The van der Waals surface area contributed by atoms with Crippen molar-refractivity contribution in [1.82, 2.24) is 15.5 Å². The number of hydrogen-bond donors (Lipinski definition) is 2. The molecule has 0 aliphatic heterocycles. The van der Waals surface area contributed by atoms with Crippen molar-refractivity contribution >= 4 is 34.1 Å². The first-order valence-corrected chi connectivity index (χ1v) is 9.93. The fourth-order valence-corrected chi connectivity index (χ4v) is 4.24. The van der Waals surface area contributed by atoms with Crippen LogP contribution < -0.4 is 10.6 Å². The minimum absolute atomic E-state index is 0.0301. The van der Waals surface area contributed by atoms with E-state index in [0.29, 0.717) is 0 Å². The Hall–Kier alpha value is -1.60. The first kappa shape index (κ1) is 18.7. The Morgan fingerprint density at radius 2 is 2.00 bits per heavy atom. The van der Waals surface area contributed by atoms with Crippen LogP contribution in [0, 0.1) is 0 Å². The van der Waals surface area contributed by atoms with E-state index in [1.54, 1.807) is 0 Å². The molecule has 0 fully saturated rings. The molecule has 5 nitrogen and oxygen atoms in total. The van der Waals surface area contributed by atoms with Crippen LogP contribution in [0.15, 0.2) is 34.7 Å². The van der Waals surface area contributed by atoms with Crippen LogP contribution in [0.25, 0.3) is 0 Å². The predicted octanol–water partition coefficient (Wildman–Crippen LogP) is 4.11. The number of carbonyl (C=O) groups is 1. The highest BCUT2D eigenvalue weighted by molar-refractivity contribution is 8.02. The molecule has 7 heteroatoms. The second kappa shape index (κ2) is 9.64. The quantitative estimate of drug-likeness (QED) is 0.656.